The number of imidazole rings is 1. The standard InChI is InChI=1S/C18H20N2S/c1-11-8-12(2)17-14(9-11)19-18(20-17)16-10-13-6-4-3-5-7-15(13)21-16/h8-10H,3-7H2,1-2H3,(H,19,20). The molecule has 21 heavy (non-hydrogen) atoms. The van der Waals surface area contributed by atoms with E-state index in [1.165, 1.54) is 48.1 Å². The van der Waals surface area contributed by atoms with Crippen molar-refractivity contribution in [3.8, 4) is 10.7 Å². The normalized spacial score (nSPS) is 15.1. The Bertz CT molecular complexity index is 787. The molecule has 0 fully saturated rings. The molecule has 0 unspecified atom stereocenters. The predicted octanol–water partition coefficient (Wildman–Crippen LogP) is 5.18. The number of aromatic amines is 1. The number of benzene rings is 1. The molecular weight excluding hydrogens is 276 g/mol. The van der Waals surface area contributed by atoms with Gasteiger partial charge in [-0.05, 0) is 68.4 Å². The second kappa shape index (κ2) is 4.99. The third kappa shape index (κ3) is 2.30. The van der Waals surface area contributed by atoms with Gasteiger partial charge in [0.15, 0.2) is 0 Å². The van der Waals surface area contributed by atoms with Gasteiger partial charge in [-0.1, -0.05) is 12.5 Å². The van der Waals surface area contributed by atoms with Crippen LogP contribution in [0.25, 0.3) is 21.7 Å². The van der Waals surface area contributed by atoms with Crippen LogP contribution in [0.5, 0.6) is 0 Å². The van der Waals surface area contributed by atoms with Gasteiger partial charge in [-0.3, -0.25) is 0 Å². The summed E-state index contributed by atoms with van der Waals surface area (Å²) >= 11 is 1.93. The van der Waals surface area contributed by atoms with Gasteiger partial charge >= 0.3 is 0 Å². The summed E-state index contributed by atoms with van der Waals surface area (Å²) in [6, 6.07) is 6.76. The van der Waals surface area contributed by atoms with Crippen molar-refractivity contribution in [2.45, 2.75) is 46.0 Å². The fourth-order valence-electron chi connectivity index (χ4n) is 3.37. The monoisotopic (exact) mass is 296 g/mol. The Morgan fingerprint density at radius 1 is 1.05 bits per heavy atom. The van der Waals surface area contributed by atoms with Crippen molar-refractivity contribution >= 4 is 22.4 Å². The fourth-order valence-corrected chi connectivity index (χ4v) is 4.57. The first-order chi connectivity index (χ1) is 10.2. The number of hydrogen-bond acceptors (Lipinski definition) is 2. The number of hydrogen-bond donors (Lipinski definition) is 1. The second-order valence-electron chi connectivity index (χ2n) is 6.18. The van der Waals surface area contributed by atoms with Crippen molar-refractivity contribution in [3.05, 3.63) is 39.8 Å². The molecule has 3 heteroatoms. The Labute approximate surface area is 129 Å². The van der Waals surface area contributed by atoms with Gasteiger partial charge in [0.2, 0.25) is 0 Å². The van der Waals surface area contributed by atoms with E-state index < -0.39 is 0 Å². The molecule has 1 aromatic carbocycles. The van der Waals surface area contributed by atoms with E-state index in [4.69, 9.17) is 4.98 Å². The van der Waals surface area contributed by atoms with E-state index in [0.717, 1.165) is 16.9 Å². The van der Waals surface area contributed by atoms with E-state index in [9.17, 15) is 0 Å². The summed E-state index contributed by atoms with van der Waals surface area (Å²) < 4.78 is 0. The summed E-state index contributed by atoms with van der Waals surface area (Å²) in [4.78, 5) is 11.2. The quantitative estimate of drug-likeness (QED) is 0.616. The molecule has 0 bridgehead atoms. The van der Waals surface area contributed by atoms with E-state index in [0.29, 0.717) is 0 Å². The molecule has 1 aliphatic carbocycles. The highest BCUT2D eigenvalue weighted by atomic mass is 32.1. The van der Waals surface area contributed by atoms with Crippen LogP contribution in [-0.2, 0) is 12.8 Å². The van der Waals surface area contributed by atoms with Gasteiger partial charge in [0.25, 0.3) is 0 Å². The van der Waals surface area contributed by atoms with Crippen LogP contribution in [0.4, 0.5) is 0 Å². The van der Waals surface area contributed by atoms with Crippen LogP contribution in [0.2, 0.25) is 0 Å². The first-order valence-corrected chi connectivity index (χ1v) is 8.61. The maximum absolute atomic E-state index is 4.85. The SMILES string of the molecule is Cc1cc(C)c2nc(-c3cc4c(s3)CCCCC4)[nH]c2c1. The zero-order valence-electron chi connectivity index (χ0n) is 12.6. The lowest BCUT2D eigenvalue weighted by Crippen LogP contribution is -1.81. The van der Waals surface area contributed by atoms with Crippen molar-refractivity contribution in [2.24, 2.45) is 0 Å². The Kier molecular flexibility index (Phi) is 3.11. The number of thiophene rings is 1. The zero-order chi connectivity index (χ0) is 14.4. The van der Waals surface area contributed by atoms with E-state index in [1.54, 1.807) is 10.4 Å². The maximum Gasteiger partial charge on any atom is 0.148 e. The van der Waals surface area contributed by atoms with Gasteiger partial charge in [0.05, 0.1) is 15.9 Å². The van der Waals surface area contributed by atoms with E-state index in [1.807, 2.05) is 11.3 Å². The molecular formula is C18H20N2S. The van der Waals surface area contributed by atoms with Gasteiger partial charge in [-0.15, -0.1) is 11.3 Å². The molecule has 0 atom stereocenters. The Balaban J connectivity index is 1.81. The van der Waals surface area contributed by atoms with Crippen molar-refractivity contribution in [1.82, 2.24) is 9.97 Å². The number of nitrogens with one attached hydrogen (secondary N) is 1. The molecule has 0 radical (unpaired) electrons. The smallest absolute Gasteiger partial charge is 0.148 e. The molecule has 0 saturated carbocycles. The van der Waals surface area contributed by atoms with Crippen LogP contribution in [0, 0.1) is 13.8 Å². The number of aryl methyl sites for hydroxylation is 4. The van der Waals surface area contributed by atoms with Crippen molar-refractivity contribution in [3.63, 3.8) is 0 Å². The van der Waals surface area contributed by atoms with Crippen LogP contribution in [-0.4, -0.2) is 9.97 Å². The molecule has 1 aliphatic rings. The Hall–Kier alpha value is -1.61. The average molecular weight is 296 g/mol. The predicted molar refractivity (Wildman–Crippen MR) is 90.1 cm³/mol. The van der Waals surface area contributed by atoms with Gasteiger partial charge in [0, 0.05) is 4.88 Å². The molecule has 0 aliphatic heterocycles. The van der Waals surface area contributed by atoms with E-state index >= 15 is 0 Å². The van der Waals surface area contributed by atoms with Gasteiger partial charge in [-0.2, -0.15) is 0 Å². The summed E-state index contributed by atoms with van der Waals surface area (Å²) in [5, 5.41) is 0. The summed E-state index contributed by atoms with van der Waals surface area (Å²) in [5.74, 6) is 1.04. The highest BCUT2D eigenvalue weighted by molar-refractivity contribution is 7.15. The Morgan fingerprint density at radius 2 is 1.90 bits per heavy atom. The van der Waals surface area contributed by atoms with Gasteiger partial charge in [-0.25, -0.2) is 4.98 Å². The molecule has 2 nitrogen and oxygen atoms in total. The topological polar surface area (TPSA) is 28.7 Å². The summed E-state index contributed by atoms with van der Waals surface area (Å²) in [6.45, 7) is 4.28. The first kappa shape index (κ1) is 13.1. The number of fused-ring (bicyclic) bond motifs is 2. The Morgan fingerprint density at radius 3 is 2.81 bits per heavy atom. The largest absolute Gasteiger partial charge is 0.337 e. The van der Waals surface area contributed by atoms with E-state index in [-0.39, 0.29) is 0 Å². The third-order valence-electron chi connectivity index (χ3n) is 4.40. The molecule has 4 rings (SSSR count). The first-order valence-electron chi connectivity index (χ1n) is 7.79. The zero-order valence-corrected chi connectivity index (χ0v) is 13.4. The molecule has 3 aromatic rings. The molecule has 2 aromatic heterocycles. The second-order valence-corrected chi connectivity index (χ2v) is 7.32. The van der Waals surface area contributed by atoms with Crippen LogP contribution in [0.1, 0.15) is 40.8 Å². The molecule has 0 spiro atoms. The van der Waals surface area contributed by atoms with Crippen molar-refractivity contribution < 1.29 is 0 Å². The van der Waals surface area contributed by atoms with Crippen LogP contribution in [0.3, 0.4) is 0 Å². The van der Waals surface area contributed by atoms with E-state index in [2.05, 4.69) is 37.0 Å². The maximum atomic E-state index is 4.85. The number of rotatable bonds is 1. The minimum atomic E-state index is 1.04. The summed E-state index contributed by atoms with van der Waals surface area (Å²) in [6.07, 6.45) is 6.54. The molecule has 108 valence electrons. The van der Waals surface area contributed by atoms with Gasteiger partial charge < -0.3 is 4.98 Å². The summed E-state index contributed by atoms with van der Waals surface area (Å²) in [5.41, 5.74) is 6.37. The van der Waals surface area contributed by atoms with Crippen LogP contribution >= 0.6 is 11.3 Å². The number of nitrogens with zero attached hydrogens (tertiary/aromatic N) is 1. The minimum absolute atomic E-state index is 1.04. The van der Waals surface area contributed by atoms with Crippen LogP contribution in [0.15, 0.2) is 18.2 Å². The number of H-pyrrole nitrogens is 1. The highest BCUT2D eigenvalue weighted by Gasteiger charge is 2.15. The lowest BCUT2D eigenvalue weighted by atomic mass is 10.1. The average Bonchev–Trinajstić information content (AvgIpc) is 2.98. The molecule has 2 heterocycles. The summed E-state index contributed by atoms with van der Waals surface area (Å²) in [7, 11) is 0. The van der Waals surface area contributed by atoms with Gasteiger partial charge in [0.1, 0.15) is 5.82 Å². The highest BCUT2D eigenvalue weighted by Crippen LogP contribution is 2.35. The molecule has 0 saturated heterocycles. The lowest BCUT2D eigenvalue weighted by Gasteiger charge is -1.96. The van der Waals surface area contributed by atoms with Crippen molar-refractivity contribution in [2.75, 3.05) is 0 Å². The third-order valence-corrected chi connectivity index (χ3v) is 5.65. The number of aromatic nitrogens is 2. The minimum Gasteiger partial charge on any atom is -0.337 e. The van der Waals surface area contributed by atoms with Crippen molar-refractivity contribution in [1.29, 1.82) is 0 Å². The van der Waals surface area contributed by atoms with Crippen LogP contribution < -0.4 is 0 Å². The molecule has 0 amide bonds. The lowest BCUT2D eigenvalue weighted by molar-refractivity contribution is 0.713. The molecule has 1 N–H and O–H groups in total. The fraction of sp³-hybridized carbons (Fsp3) is 0.389.